The molecule has 2 fully saturated rings. The highest BCUT2D eigenvalue weighted by Crippen LogP contribution is 2.25. The molecule has 0 radical (unpaired) electrons. The van der Waals surface area contributed by atoms with Gasteiger partial charge in [0.1, 0.15) is 12.4 Å². The molecule has 1 unspecified atom stereocenters. The summed E-state index contributed by atoms with van der Waals surface area (Å²) in [5.74, 6) is 0.285. The number of methoxy groups -OCH3 is 1. The monoisotopic (exact) mass is 458 g/mol. The van der Waals surface area contributed by atoms with Gasteiger partial charge in [0.15, 0.2) is 6.29 Å². The molecule has 8 nitrogen and oxygen atoms in total. The standard InChI is InChI=1S/C24H31FN4O4/c1-30-17-18-7-6-8-21(23(18)25)19-13-26-24(27-14-19)29-15-20(16-29)28-33-12-5-4-11-32-22-9-2-3-10-31-22/h6-8,13-14,22H,2-5,9-12,15-17H2,1H3. The zero-order chi connectivity index (χ0) is 22.9. The Balaban J connectivity index is 1.16. The van der Waals surface area contributed by atoms with E-state index in [0.29, 0.717) is 48.9 Å². The van der Waals surface area contributed by atoms with E-state index in [4.69, 9.17) is 19.0 Å². The van der Waals surface area contributed by atoms with Gasteiger partial charge in [0.25, 0.3) is 0 Å². The highest BCUT2D eigenvalue weighted by atomic mass is 19.1. The second kappa shape index (κ2) is 12.0. The molecule has 1 aromatic carbocycles. The van der Waals surface area contributed by atoms with Gasteiger partial charge in [-0.15, -0.1) is 0 Å². The molecule has 9 heteroatoms. The van der Waals surface area contributed by atoms with Gasteiger partial charge in [-0.05, 0) is 32.1 Å². The SMILES string of the molecule is COCc1cccc(-c2cnc(N3CC(=NOCCCCOC4CCCCO4)C3)nc2)c1F. The summed E-state index contributed by atoms with van der Waals surface area (Å²) >= 11 is 0. The van der Waals surface area contributed by atoms with Crippen LogP contribution >= 0.6 is 0 Å². The van der Waals surface area contributed by atoms with Crippen LogP contribution in [0.15, 0.2) is 35.7 Å². The van der Waals surface area contributed by atoms with E-state index in [1.807, 2.05) is 4.90 Å². The van der Waals surface area contributed by atoms with E-state index < -0.39 is 0 Å². The molecular weight excluding hydrogens is 427 g/mol. The Morgan fingerprint density at radius 1 is 1.15 bits per heavy atom. The van der Waals surface area contributed by atoms with Crippen LogP contribution in [0, 0.1) is 5.82 Å². The van der Waals surface area contributed by atoms with Gasteiger partial charge >= 0.3 is 0 Å². The average Bonchev–Trinajstić information content (AvgIpc) is 2.82. The van der Waals surface area contributed by atoms with Crippen molar-refractivity contribution in [3.8, 4) is 11.1 Å². The van der Waals surface area contributed by atoms with Crippen LogP contribution in [0.3, 0.4) is 0 Å². The number of nitrogens with zero attached hydrogens (tertiary/aromatic N) is 4. The third kappa shape index (κ3) is 6.46. The first-order valence-corrected chi connectivity index (χ1v) is 11.5. The number of benzene rings is 1. The third-order valence-electron chi connectivity index (χ3n) is 5.62. The fourth-order valence-electron chi connectivity index (χ4n) is 3.75. The van der Waals surface area contributed by atoms with Crippen LogP contribution in [0.4, 0.5) is 10.3 Å². The van der Waals surface area contributed by atoms with Gasteiger partial charge in [-0.3, -0.25) is 0 Å². The van der Waals surface area contributed by atoms with Gasteiger partial charge in [-0.1, -0.05) is 23.4 Å². The maximum atomic E-state index is 14.6. The van der Waals surface area contributed by atoms with E-state index >= 15 is 0 Å². The Kier molecular flexibility index (Phi) is 8.57. The van der Waals surface area contributed by atoms with Crippen LogP contribution in [0.1, 0.15) is 37.7 Å². The Labute approximate surface area is 193 Å². The molecule has 3 heterocycles. The molecule has 4 rings (SSSR count). The van der Waals surface area contributed by atoms with E-state index in [9.17, 15) is 4.39 Å². The van der Waals surface area contributed by atoms with Crippen LogP contribution in [0.2, 0.25) is 0 Å². The number of unbranched alkanes of at least 4 members (excludes halogenated alkanes) is 1. The number of oxime groups is 1. The molecule has 0 saturated carbocycles. The van der Waals surface area contributed by atoms with Crippen molar-refractivity contribution in [2.75, 3.05) is 44.9 Å². The van der Waals surface area contributed by atoms with Crippen LogP contribution in [-0.4, -0.2) is 62.0 Å². The Bertz CT molecular complexity index is 911. The number of aromatic nitrogens is 2. The maximum absolute atomic E-state index is 14.6. The molecule has 33 heavy (non-hydrogen) atoms. The summed E-state index contributed by atoms with van der Waals surface area (Å²) in [4.78, 5) is 16.2. The second-order valence-corrected chi connectivity index (χ2v) is 8.20. The molecular formula is C24H31FN4O4. The number of rotatable bonds is 11. The predicted molar refractivity (Wildman–Crippen MR) is 123 cm³/mol. The van der Waals surface area contributed by atoms with Crippen molar-refractivity contribution in [3.63, 3.8) is 0 Å². The quantitative estimate of drug-likeness (QED) is 0.373. The Morgan fingerprint density at radius 2 is 1.97 bits per heavy atom. The summed E-state index contributed by atoms with van der Waals surface area (Å²) in [6.45, 7) is 3.53. The van der Waals surface area contributed by atoms with Crippen LogP contribution < -0.4 is 4.90 Å². The van der Waals surface area contributed by atoms with E-state index in [-0.39, 0.29) is 18.7 Å². The van der Waals surface area contributed by atoms with E-state index in [1.54, 1.807) is 37.7 Å². The topological polar surface area (TPSA) is 78.3 Å². The molecule has 2 aromatic rings. The minimum atomic E-state index is -0.305. The first kappa shape index (κ1) is 23.5. The molecule has 178 valence electrons. The summed E-state index contributed by atoms with van der Waals surface area (Å²) < 4.78 is 30.9. The fourth-order valence-corrected chi connectivity index (χ4v) is 3.75. The summed E-state index contributed by atoms with van der Waals surface area (Å²) in [5.41, 5.74) is 2.55. The number of hydrogen-bond acceptors (Lipinski definition) is 8. The zero-order valence-electron chi connectivity index (χ0n) is 19.0. The normalized spacial score (nSPS) is 18.2. The fraction of sp³-hybridized carbons (Fsp3) is 0.542. The van der Waals surface area contributed by atoms with E-state index in [2.05, 4.69) is 15.1 Å². The van der Waals surface area contributed by atoms with Crippen LogP contribution in [-0.2, 0) is 25.7 Å². The molecule has 1 aromatic heterocycles. The van der Waals surface area contributed by atoms with E-state index in [1.165, 1.54) is 6.42 Å². The second-order valence-electron chi connectivity index (χ2n) is 8.20. The highest BCUT2D eigenvalue weighted by molar-refractivity contribution is 5.98. The summed E-state index contributed by atoms with van der Waals surface area (Å²) in [7, 11) is 1.54. The predicted octanol–water partition coefficient (Wildman–Crippen LogP) is 3.95. The molecule has 0 aliphatic carbocycles. The van der Waals surface area contributed by atoms with Crippen molar-refractivity contribution in [2.24, 2.45) is 5.16 Å². The van der Waals surface area contributed by atoms with Gasteiger partial charge in [-0.25, -0.2) is 14.4 Å². The lowest BCUT2D eigenvalue weighted by Gasteiger charge is -2.31. The van der Waals surface area contributed by atoms with Crippen molar-refractivity contribution < 1.29 is 23.4 Å². The number of ether oxygens (including phenoxy) is 3. The van der Waals surface area contributed by atoms with Gasteiger partial charge in [0.05, 0.1) is 25.4 Å². The van der Waals surface area contributed by atoms with Crippen LogP contribution in [0.25, 0.3) is 11.1 Å². The van der Waals surface area contributed by atoms with Crippen molar-refractivity contribution in [3.05, 3.63) is 42.0 Å². The van der Waals surface area contributed by atoms with Gasteiger partial charge in [0.2, 0.25) is 5.95 Å². The lowest BCUT2D eigenvalue weighted by Crippen LogP contribution is -2.48. The first-order chi connectivity index (χ1) is 16.2. The summed E-state index contributed by atoms with van der Waals surface area (Å²) in [5, 5.41) is 4.19. The first-order valence-electron chi connectivity index (χ1n) is 11.5. The third-order valence-corrected chi connectivity index (χ3v) is 5.62. The van der Waals surface area contributed by atoms with Crippen molar-refractivity contribution in [1.82, 2.24) is 9.97 Å². The highest BCUT2D eigenvalue weighted by Gasteiger charge is 2.25. The molecule has 2 aliphatic heterocycles. The molecule has 0 N–H and O–H groups in total. The zero-order valence-corrected chi connectivity index (χ0v) is 19.0. The molecule has 0 bridgehead atoms. The van der Waals surface area contributed by atoms with E-state index in [0.717, 1.165) is 38.0 Å². The Hall–Kier alpha value is -2.62. The van der Waals surface area contributed by atoms with Gasteiger partial charge in [-0.2, -0.15) is 0 Å². The molecule has 2 aliphatic rings. The lowest BCUT2D eigenvalue weighted by atomic mass is 10.1. The maximum Gasteiger partial charge on any atom is 0.225 e. The molecule has 0 spiro atoms. The van der Waals surface area contributed by atoms with Crippen molar-refractivity contribution in [1.29, 1.82) is 0 Å². The van der Waals surface area contributed by atoms with Gasteiger partial charge in [0, 0.05) is 49.4 Å². The minimum Gasteiger partial charge on any atom is -0.396 e. The number of halogens is 1. The number of hydrogen-bond donors (Lipinski definition) is 0. The molecule has 0 amide bonds. The lowest BCUT2D eigenvalue weighted by molar-refractivity contribution is -0.163. The largest absolute Gasteiger partial charge is 0.396 e. The van der Waals surface area contributed by atoms with Crippen molar-refractivity contribution in [2.45, 2.75) is 45.0 Å². The summed E-state index contributed by atoms with van der Waals surface area (Å²) in [6, 6.07) is 5.23. The molecule has 2 saturated heterocycles. The smallest absolute Gasteiger partial charge is 0.225 e. The minimum absolute atomic E-state index is 0.0306. The summed E-state index contributed by atoms with van der Waals surface area (Å²) in [6.07, 6.45) is 8.37. The number of anilines is 1. The van der Waals surface area contributed by atoms with Gasteiger partial charge < -0.3 is 23.9 Å². The van der Waals surface area contributed by atoms with Crippen molar-refractivity contribution >= 4 is 11.7 Å². The Morgan fingerprint density at radius 3 is 2.73 bits per heavy atom. The average molecular weight is 459 g/mol. The van der Waals surface area contributed by atoms with Crippen LogP contribution in [0.5, 0.6) is 0 Å². The molecule has 1 atom stereocenters.